The average Bonchev–Trinajstić information content (AvgIpc) is 3.58. The first-order chi connectivity index (χ1) is 14.9. The van der Waals surface area contributed by atoms with Crippen LogP contribution in [0.5, 0.6) is 0 Å². The van der Waals surface area contributed by atoms with Crippen molar-refractivity contribution < 1.29 is 14.6 Å². The standard InChI is InChI=1S/C28H53NO3/c1-14-13-25(18(5)16(3)15(14)2)29-26-19(6)21(8)28(31-23(26)10)32-27(22(9)30)20(7)17(4)24-11-12-24/h14-30H,11-13H2,1-10H3. The van der Waals surface area contributed by atoms with Crippen molar-refractivity contribution in [3.05, 3.63) is 0 Å². The van der Waals surface area contributed by atoms with Crippen LogP contribution in [-0.2, 0) is 9.47 Å². The molecule has 188 valence electrons. The van der Waals surface area contributed by atoms with Crippen molar-refractivity contribution in [1.82, 2.24) is 5.32 Å². The summed E-state index contributed by atoms with van der Waals surface area (Å²) in [6, 6.07) is 0.877. The molecule has 2 N–H and O–H groups in total. The van der Waals surface area contributed by atoms with E-state index in [2.05, 4.69) is 67.6 Å². The second-order valence-corrected chi connectivity index (χ2v) is 12.4. The number of rotatable bonds is 8. The summed E-state index contributed by atoms with van der Waals surface area (Å²) >= 11 is 0. The molecular weight excluding hydrogens is 398 g/mol. The van der Waals surface area contributed by atoms with Crippen LogP contribution in [0.2, 0.25) is 0 Å². The van der Waals surface area contributed by atoms with Crippen LogP contribution in [0.25, 0.3) is 0 Å². The van der Waals surface area contributed by atoms with Crippen molar-refractivity contribution in [2.75, 3.05) is 0 Å². The molecule has 0 amide bonds. The average molecular weight is 452 g/mol. The molecule has 3 fully saturated rings. The van der Waals surface area contributed by atoms with Crippen LogP contribution >= 0.6 is 0 Å². The Hall–Kier alpha value is -0.160. The largest absolute Gasteiger partial charge is 0.391 e. The molecule has 3 rings (SSSR count). The smallest absolute Gasteiger partial charge is 0.161 e. The molecule has 0 aromatic rings. The zero-order valence-electron chi connectivity index (χ0n) is 22.5. The Balaban J connectivity index is 1.64. The maximum absolute atomic E-state index is 10.6. The number of ether oxygens (including phenoxy) is 2. The van der Waals surface area contributed by atoms with E-state index >= 15 is 0 Å². The minimum Gasteiger partial charge on any atom is -0.391 e. The molecule has 0 radical (unpaired) electrons. The third-order valence-electron chi connectivity index (χ3n) is 10.4. The number of aliphatic hydroxyl groups excluding tert-OH is 1. The van der Waals surface area contributed by atoms with E-state index in [0.717, 1.165) is 23.7 Å². The van der Waals surface area contributed by atoms with Crippen molar-refractivity contribution >= 4 is 0 Å². The molecule has 4 nitrogen and oxygen atoms in total. The first-order valence-electron chi connectivity index (χ1n) is 13.7. The van der Waals surface area contributed by atoms with E-state index in [0.29, 0.717) is 35.8 Å². The zero-order chi connectivity index (χ0) is 23.9. The molecule has 1 aliphatic heterocycles. The van der Waals surface area contributed by atoms with Crippen molar-refractivity contribution in [1.29, 1.82) is 0 Å². The lowest BCUT2D eigenvalue weighted by molar-refractivity contribution is -0.273. The molecule has 2 saturated carbocycles. The van der Waals surface area contributed by atoms with Gasteiger partial charge in [0.15, 0.2) is 6.29 Å². The number of aliphatic hydroxyl groups is 1. The minimum atomic E-state index is -0.489. The predicted octanol–water partition coefficient (Wildman–Crippen LogP) is 5.73. The maximum atomic E-state index is 10.6. The van der Waals surface area contributed by atoms with Crippen LogP contribution in [-0.4, -0.2) is 41.8 Å². The fraction of sp³-hybridized carbons (Fsp3) is 1.00. The second-order valence-electron chi connectivity index (χ2n) is 12.4. The van der Waals surface area contributed by atoms with Crippen LogP contribution in [0, 0.1) is 53.3 Å². The topological polar surface area (TPSA) is 50.7 Å². The summed E-state index contributed by atoms with van der Waals surface area (Å²) in [5.74, 6) is 5.39. The highest BCUT2D eigenvalue weighted by atomic mass is 16.7. The third kappa shape index (κ3) is 5.56. The lowest BCUT2D eigenvalue weighted by Gasteiger charge is -2.50. The van der Waals surface area contributed by atoms with Gasteiger partial charge >= 0.3 is 0 Å². The predicted molar refractivity (Wildman–Crippen MR) is 132 cm³/mol. The number of hydrogen-bond donors (Lipinski definition) is 2. The Bertz CT molecular complexity index is 593. The van der Waals surface area contributed by atoms with E-state index in [1.807, 2.05) is 6.92 Å². The van der Waals surface area contributed by atoms with Gasteiger partial charge < -0.3 is 19.9 Å². The summed E-state index contributed by atoms with van der Waals surface area (Å²) in [6.45, 7) is 23.0. The SMILES string of the molecule is CC(O)C(OC1OC(C)C(NC2CC(C)C(C)C(C)C2C)C(C)C1C)C(C)C(C)C1CC1. The van der Waals surface area contributed by atoms with Gasteiger partial charge in [-0.1, -0.05) is 55.4 Å². The molecular formula is C28H53NO3. The molecule has 14 atom stereocenters. The molecule has 0 aromatic heterocycles. The van der Waals surface area contributed by atoms with Crippen molar-refractivity contribution in [3.63, 3.8) is 0 Å². The van der Waals surface area contributed by atoms with Crippen molar-refractivity contribution in [3.8, 4) is 0 Å². The summed E-state index contributed by atoms with van der Waals surface area (Å²) in [5, 5.41) is 14.6. The Morgan fingerprint density at radius 3 is 2.03 bits per heavy atom. The van der Waals surface area contributed by atoms with Crippen LogP contribution < -0.4 is 5.32 Å². The van der Waals surface area contributed by atoms with Gasteiger partial charge in [-0.3, -0.25) is 0 Å². The summed E-state index contributed by atoms with van der Waals surface area (Å²) < 4.78 is 13.1. The highest BCUT2D eigenvalue weighted by Crippen LogP contribution is 2.43. The highest BCUT2D eigenvalue weighted by Gasteiger charge is 2.45. The highest BCUT2D eigenvalue weighted by molar-refractivity contribution is 4.96. The fourth-order valence-electron chi connectivity index (χ4n) is 6.71. The van der Waals surface area contributed by atoms with Gasteiger partial charge in [-0.2, -0.15) is 0 Å². The van der Waals surface area contributed by atoms with Gasteiger partial charge in [0.25, 0.3) is 0 Å². The molecule has 1 heterocycles. The molecule has 14 unspecified atom stereocenters. The molecule has 3 aliphatic rings. The first-order valence-corrected chi connectivity index (χ1v) is 13.7. The molecule has 4 heteroatoms. The lowest BCUT2D eigenvalue weighted by atomic mass is 9.66. The second kappa shape index (κ2) is 10.6. The maximum Gasteiger partial charge on any atom is 0.161 e. The normalized spacial score (nSPS) is 47.0. The van der Waals surface area contributed by atoms with Gasteiger partial charge in [0.05, 0.1) is 18.3 Å². The molecule has 1 saturated heterocycles. The molecule has 2 aliphatic carbocycles. The van der Waals surface area contributed by atoms with E-state index < -0.39 is 6.10 Å². The summed E-state index contributed by atoms with van der Waals surface area (Å²) in [6.07, 6.45) is 3.07. The summed E-state index contributed by atoms with van der Waals surface area (Å²) in [7, 11) is 0. The van der Waals surface area contributed by atoms with Crippen molar-refractivity contribution in [2.45, 2.75) is 125 Å². The molecule has 0 aromatic carbocycles. The zero-order valence-corrected chi connectivity index (χ0v) is 22.5. The van der Waals surface area contributed by atoms with Crippen LogP contribution in [0.3, 0.4) is 0 Å². The molecule has 0 spiro atoms. The Kier molecular flexibility index (Phi) is 8.78. The Labute approximate surface area is 198 Å². The van der Waals surface area contributed by atoms with E-state index in [9.17, 15) is 5.11 Å². The fourth-order valence-corrected chi connectivity index (χ4v) is 6.71. The van der Waals surface area contributed by atoms with E-state index in [-0.39, 0.29) is 24.4 Å². The van der Waals surface area contributed by atoms with Gasteiger partial charge in [0.1, 0.15) is 0 Å². The monoisotopic (exact) mass is 451 g/mol. The van der Waals surface area contributed by atoms with Crippen LogP contribution in [0.4, 0.5) is 0 Å². The Morgan fingerprint density at radius 2 is 1.47 bits per heavy atom. The van der Waals surface area contributed by atoms with E-state index in [1.165, 1.54) is 19.3 Å². The third-order valence-corrected chi connectivity index (χ3v) is 10.4. The quantitative estimate of drug-likeness (QED) is 0.495. The van der Waals surface area contributed by atoms with E-state index in [1.54, 1.807) is 0 Å². The van der Waals surface area contributed by atoms with Crippen LogP contribution in [0.15, 0.2) is 0 Å². The molecule has 32 heavy (non-hydrogen) atoms. The van der Waals surface area contributed by atoms with Gasteiger partial charge in [-0.15, -0.1) is 0 Å². The van der Waals surface area contributed by atoms with Crippen molar-refractivity contribution in [2.24, 2.45) is 53.3 Å². The van der Waals surface area contributed by atoms with Gasteiger partial charge in [-0.25, -0.2) is 0 Å². The van der Waals surface area contributed by atoms with Gasteiger partial charge in [-0.05, 0) is 80.5 Å². The lowest BCUT2D eigenvalue weighted by Crippen LogP contribution is -2.60. The number of hydrogen-bond acceptors (Lipinski definition) is 4. The minimum absolute atomic E-state index is 0.0918. The summed E-state index contributed by atoms with van der Waals surface area (Å²) in [5.41, 5.74) is 0. The molecule has 0 bridgehead atoms. The summed E-state index contributed by atoms with van der Waals surface area (Å²) in [4.78, 5) is 0. The first kappa shape index (κ1) is 26.4. The van der Waals surface area contributed by atoms with Gasteiger partial charge in [0, 0.05) is 18.0 Å². The van der Waals surface area contributed by atoms with E-state index in [4.69, 9.17) is 9.47 Å². The Morgan fingerprint density at radius 1 is 0.844 bits per heavy atom. The van der Waals surface area contributed by atoms with Crippen LogP contribution in [0.1, 0.15) is 88.5 Å². The number of nitrogens with one attached hydrogen (secondary N) is 1. The van der Waals surface area contributed by atoms with Gasteiger partial charge in [0.2, 0.25) is 0 Å².